The Balaban J connectivity index is 2.18. The molecule has 0 heterocycles. The van der Waals surface area contributed by atoms with Gasteiger partial charge in [0.15, 0.2) is 0 Å². The first-order chi connectivity index (χ1) is 9.08. The van der Waals surface area contributed by atoms with Gasteiger partial charge in [0.05, 0.1) is 0 Å². The molecule has 0 aliphatic rings. The van der Waals surface area contributed by atoms with E-state index in [0.717, 1.165) is 11.3 Å². The fourth-order valence-corrected chi connectivity index (χ4v) is 2.08. The van der Waals surface area contributed by atoms with Crippen LogP contribution < -0.4 is 10.5 Å². The summed E-state index contributed by atoms with van der Waals surface area (Å²) < 4.78 is 5.94. The van der Waals surface area contributed by atoms with Crippen LogP contribution in [-0.2, 0) is 6.61 Å². The van der Waals surface area contributed by atoms with Crippen molar-refractivity contribution in [3.05, 3.63) is 64.7 Å². The van der Waals surface area contributed by atoms with Gasteiger partial charge in [-0.05, 0) is 38.0 Å². The molecule has 0 unspecified atom stereocenters. The zero-order chi connectivity index (χ0) is 13.8. The quantitative estimate of drug-likeness (QED) is 0.899. The summed E-state index contributed by atoms with van der Waals surface area (Å²) in [5, 5.41) is 0. The van der Waals surface area contributed by atoms with E-state index in [1.807, 2.05) is 25.1 Å². The predicted octanol–water partition coefficient (Wildman–Crippen LogP) is 3.90. The summed E-state index contributed by atoms with van der Waals surface area (Å²) in [5.41, 5.74) is 10.7. The first-order valence-electron chi connectivity index (χ1n) is 6.61. The summed E-state index contributed by atoms with van der Waals surface area (Å²) in [6.07, 6.45) is 0. The lowest BCUT2D eigenvalue weighted by molar-refractivity contribution is 0.300. The number of rotatable bonds is 4. The largest absolute Gasteiger partial charge is 0.489 e. The lowest BCUT2D eigenvalue weighted by Crippen LogP contribution is -2.08. The lowest BCUT2D eigenvalue weighted by Gasteiger charge is -2.15. The van der Waals surface area contributed by atoms with E-state index in [0.29, 0.717) is 6.61 Å². The van der Waals surface area contributed by atoms with E-state index in [9.17, 15) is 0 Å². The minimum atomic E-state index is -0.0215. The van der Waals surface area contributed by atoms with Gasteiger partial charge in [0.2, 0.25) is 0 Å². The maximum atomic E-state index is 6.00. The first kappa shape index (κ1) is 13.6. The Kier molecular flexibility index (Phi) is 4.23. The molecule has 100 valence electrons. The van der Waals surface area contributed by atoms with Crippen LogP contribution in [0.5, 0.6) is 5.75 Å². The SMILES string of the molecule is Cc1ccc(OCc2ccccc2C)c([C@@H](C)N)c1. The van der Waals surface area contributed by atoms with Crippen LogP contribution in [0.1, 0.15) is 35.2 Å². The van der Waals surface area contributed by atoms with Crippen molar-refractivity contribution in [2.75, 3.05) is 0 Å². The van der Waals surface area contributed by atoms with E-state index in [2.05, 4.69) is 38.1 Å². The Morgan fingerprint density at radius 3 is 2.53 bits per heavy atom. The summed E-state index contributed by atoms with van der Waals surface area (Å²) >= 11 is 0. The normalized spacial score (nSPS) is 12.2. The van der Waals surface area contributed by atoms with Crippen LogP contribution in [0.2, 0.25) is 0 Å². The Labute approximate surface area is 115 Å². The molecule has 0 saturated heterocycles. The third-order valence-corrected chi connectivity index (χ3v) is 3.30. The second-order valence-corrected chi connectivity index (χ2v) is 5.05. The third kappa shape index (κ3) is 3.36. The Hall–Kier alpha value is -1.80. The van der Waals surface area contributed by atoms with Gasteiger partial charge in [0.25, 0.3) is 0 Å². The molecule has 1 atom stereocenters. The van der Waals surface area contributed by atoms with Crippen molar-refractivity contribution in [1.29, 1.82) is 0 Å². The van der Waals surface area contributed by atoms with Gasteiger partial charge in [-0.1, -0.05) is 42.0 Å². The maximum absolute atomic E-state index is 6.00. The maximum Gasteiger partial charge on any atom is 0.124 e. The van der Waals surface area contributed by atoms with Crippen LogP contribution in [0.3, 0.4) is 0 Å². The summed E-state index contributed by atoms with van der Waals surface area (Å²) in [6, 6.07) is 14.4. The molecule has 0 saturated carbocycles. The Morgan fingerprint density at radius 2 is 1.84 bits per heavy atom. The Morgan fingerprint density at radius 1 is 1.11 bits per heavy atom. The standard InChI is InChI=1S/C17H21NO/c1-12-8-9-17(16(10-12)14(3)18)19-11-15-7-5-4-6-13(15)2/h4-10,14H,11,18H2,1-3H3/t14-/m1/s1. The van der Waals surface area contributed by atoms with Crippen LogP contribution in [0.15, 0.2) is 42.5 Å². The summed E-state index contributed by atoms with van der Waals surface area (Å²) in [6.45, 7) is 6.72. The van der Waals surface area contributed by atoms with E-state index in [4.69, 9.17) is 10.5 Å². The predicted molar refractivity (Wildman–Crippen MR) is 79.3 cm³/mol. The molecule has 2 aromatic carbocycles. The molecule has 0 spiro atoms. The highest BCUT2D eigenvalue weighted by Gasteiger charge is 2.09. The average molecular weight is 255 g/mol. The molecule has 19 heavy (non-hydrogen) atoms. The van der Waals surface area contributed by atoms with Gasteiger partial charge >= 0.3 is 0 Å². The van der Waals surface area contributed by atoms with Crippen LogP contribution in [0.25, 0.3) is 0 Å². The zero-order valence-corrected chi connectivity index (χ0v) is 11.8. The number of aryl methyl sites for hydroxylation is 2. The molecule has 2 heteroatoms. The van der Waals surface area contributed by atoms with Gasteiger partial charge < -0.3 is 10.5 Å². The van der Waals surface area contributed by atoms with Crippen molar-refractivity contribution in [1.82, 2.24) is 0 Å². The van der Waals surface area contributed by atoms with Gasteiger partial charge in [-0.15, -0.1) is 0 Å². The second kappa shape index (κ2) is 5.89. The molecule has 0 bridgehead atoms. The Bertz CT molecular complexity index is 561. The average Bonchev–Trinajstić information content (AvgIpc) is 2.38. The van der Waals surface area contributed by atoms with Crippen molar-refractivity contribution in [2.24, 2.45) is 5.73 Å². The first-order valence-corrected chi connectivity index (χ1v) is 6.61. The number of benzene rings is 2. The minimum Gasteiger partial charge on any atom is -0.489 e. The van der Waals surface area contributed by atoms with Gasteiger partial charge in [-0.3, -0.25) is 0 Å². The molecule has 2 N–H and O–H groups in total. The summed E-state index contributed by atoms with van der Waals surface area (Å²) in [7, 11) is 0. The topological polar surface area (TPSA) is 35.2 Å². The number of ether oxygens (including phenoxy) is 1. The molecule has 0 aromatic heterocycles. The van der Waals surface area contributed by atoms with E-state index in [-0.39, 0.29) is 6.04 Å². The minimum absolute atomic E-state index is 0.0215. The molecule has 0 aliphatic carbocycles. The van der Waals surface area contributed by atoms with E-state index < -0.39 is 0 Å². The van der Waals surface area contributed by atoms with Gasteiger partial charge in [0.1, 0.15) is 12.4 Å². The number of nitrogens with two attached hydrogens (primary N) is 1. The monoisotopic (exact) mass is 255 g/mol. The van der Waals surface area contributed by atoms with Crippen LogP contribution >= 0.6 is 0 Å². The van der Waals surface area contributed by atoms with Crippen LogP contribution in [-0.4, -0.2) is 0 Å². The van der Waals surface area contributed by atoms with Crippen molar-refractivity contribution in [2.45, 2.75) is 33.4 Å². The zero-order valence-electron chi connectivity index (χ0n) is 11.8. The third-order valence-electron chi connectivity index (χ3n) is 3.30. The van der Waals surface area contributed by atoms with Crippen molar-refractivity contribution >= 4 is 0 Å². The summed E-state index contributed by atoms with van der Waals surface area (Å²) in [5.74, 6) is 0.879. The fraction of sp³-hybridized carbons (Fsp3) is 0.294. The van der Waals surface area contributed by atoms with E-state index in [1.54, 1.807) is 0 Å². The lowest BCUT2D eigenvalue weighted by atomic mass is 10.0. The van der Waals surface area contributed by atoms with Crippen LogP contribution in [0.4, 0.5) is 0 Å². The summed E-state index contributed by atoms with van der Waals surface area (Å²) in [4.78, 5) is 0. The van der Waals surface area contributed by atoms with Crippen molar-refractivity contribution in [3.63, 3.8) is 0 Å². The molecular formula is C17H21NO. The molecule has 0 fully saturated rings. The van der Waals surface area contributed by atoms with Gasteiger partial charge in [-0.2, -0.15) is 0 Å². The molecular weight excluding hydrogens is 234 g/mol. The highest BCUT2D eigenvalue weighted by atomic mass is 16.5. The van der Waals surface area contributed by atoms with Crippen molar-refractivity contribution < 1.29 is 4.74 Å². The molecule has 0 radical (unpaired) electrons. The molecule has 0 aliphatic heterocycles. The fourth-order valence-electron chi connectivity index (χ4n) is 2.08. The van der Waals surface area contributed by atoms with E-state index >= 15 is 0 Å². The molecule has 2 nitrogen and oxygen atoms in total. The van der Waals surface area contributed by atoms with Gasteiger partial charge in [0, 0.05) is 11.6 Å². The number of hydrogen-bond donors (Lipinski definition) is 1. The molecule has 2 rings (SSSR count). The molecule has 2 aromatic rings. The highest BCUT2D eigenvalue weighted by Crippen LogP contribution is 2.26. The van der Waals surface area contributed by atoms with Gasteiger partial charge in [-0.25, -0.2) is 0 Å². The van der Waals surface area contributed by atoms with Crippen molar-refractivity contribution in [3.8, 4) is 5.75 Å². The number of hydrogen-bond acceptors (Lipinski definition) is 2. The second-order valence-electron chi connectivity index (χ2n) is 5.05. The van der Waals surface area contributed by atoms with E-state index in [1.165, 1.54) is 16.7 Å². The molecule has 0 amide bonds. The highest BCUT2D eigenvalue weighted by molar-refractivity contribution is 5.39. The van der Waals surface area contributed by atoms with Crippen LogP contribution in [0, 0.1) is 13.8 Å². The smallest absolute Gasteiger partial charge is 0.124 e.